The zero-order chi connectivity index (χ0) is 13.2. The monoisotopic (exact) mass is 268 g/mol. The molecule has 0 aromatic carbocycles. The molecule has 0 unspecified atom stereocenters. The molecule has 1 saturated heterocycles. The molecule has 1 aliphatic rings. The molecule has 4 N–H and O–H groups in total. The summed E-state index contributed by atoms with van der Waals surface area (Å²) in [5.74, 6) is -2.98. The van der Waals surface area contributed by atoms with Gasteiger partial charge in [-0.25, -0.2) is 0 Å². The molecule has 1 heterocycles. The van der Waals surface area contributed by atoms with E-state index in [0.717, 1.165) is 6.92 Å². The first-order chi connectivity index (χ1) is 7.85. The fourth-order valence-corrected chi connectivity index (χ4v) is 1.43. The molecule has 4 atom stereocenters. The van der Waals surface area contributed by atoms with E-state index in [1.54, 1.807) is 0 Å². The van der Waals surface area contributed by atoms with Gasteiger partial charge in [-0.3, -0.25) is 4.79 Å². The van der Waals surface area contributed by atoms with Gasteiger partial charge in [-0.15, -0.1) is 4.89 Å². The molecule has 98 valence electrons. The van der Waals surface area contributed by atoms with E-state index in [2.05, 4.69) is 26.7 Å². The van der Waals surface area contributed by atoms with E-state index in [-0.39, 0.29) is 0 Å². The molecule has 0 aromatic heterocycles. The third-order valence-electron chi connectivity index (χ3n) is 2.12. The quantitative estimate of drug-likeness (QED) is 0.245. The van der Waals surface area contributed by atoms with Gasteiger partial charge in [0, 0.05) is 6.92 Å². The van der Waals surface area contributed by atoms with Crippen LogP contribution in [-0.4, -0.2) is 62.2 Å². The average molecular weight is 268 g/mol. The van der Waals surface area contributed by atoms with Gasteiger partial charge in [-0.1, -0.05) is 0 Å². The predicted octanol–water partition coefficient (Wildman–Crippen LogP) is -2.39. The number of hydrogen-bond acceptors (Lipinski definition) is 9. The lowest BCUT2D eigenvalue weighted by Gasteiger charge is -2.42. The Morgan fingerprint density at radius 1 is 1.53 bits per heavy atom. The molecule has 0 amide bonds. The number of rotatable bonds is 5. The summed E-state index contributed by atoms with van der Waals surface area (Å²) < 4.78 is 4.63. The maximum absolute atomic E-state index is 10.8. The molecule has 0 aromatic rings. The topological polar surface area (TPSA) is 126 Å². The Labute approximate surface area is 101 Å². The fourth-order valence-electron chi connectivity index (χ4n) is 1.20. The number of carbonyl (C=O) groups excluding carboxylic acids is 1. The van der Waals surface area contributed by atoms with Crippen molar-refractivity contribution >= 4 is 23.2 Å². The molecule has 0 saturated carbocycles. The van der Waals surface area contributed by atoms with Gasteiger partial charge >= 0.3 is 11.8 Å². The van der Waals surface area contributed by atoms with Crippen LogP contribution in [0.5, 0.6) is 0 Å². The maximum atomic E-state index is 10.8. The van der Waals surface area contributed by atoms with Gasteiger partial charge in [-0.2, -0.15) is 0 Å². The first kappa shape index (κ1) is 14.2. The summed E-state index contributed by atoms with van der Waals surface area (Å²) in [6.07, 6.45) is -5.37. The van der Waals surface area contributed by atoms with Crippen LogP contribution in [0.2, 0.25) is 0 Å². The predicted molar refractivity (Wildman–Crippen MR) is 54.4 cm³/mol. The molecular formula is C8H12O8S. The summed E-state index contributed by atoms with van der Waals surface area (Å²) in [7, 11) is 0. The van der Waals surface area contributed by atoms with Crippen LogP contribution in [0, 0.1) is 0 Å². The Bertz CT molecular complexity index is 321. The van der Waals surface area contributed by atoms with Crippen LogP contribution in [0.4, 0.5) is 0 Å². The van der Waals surface area contributed by atoms with Gasteiger partial charge in [0.1, 0.15) is 12.2 Å². The summed E-state index contributed by atoms with van der Waals surface area (Å²) in [5, 5.41) is 36.6. The molecule has 8 nitrogen and oxygen atoms in total. The van der Waals surface area contributed by atoms with Crippen LogP contribution >= 0.6 is 12.2 Å². The number of thiocarbonyl (C=S) groups is 1. The van der Waals surface area contributed by atoms with Crippen molar-refractivity contribution in [2.24, 2.45) is 0 Å². The second-order valence-electron chi connectivity index (χ2n) is 3.40. The zero-order valence-corrected chi connectivity index (χ0v) is 9.59. The molecule has 9 heteroatoms. The Morgan fingerprint density at radius 3 is 2.41 bits per heavy atom. The van der Waals surface area contributed by atoms with E-state index in [9.17, 15) is 15.0 Å². The third kappa shape index (κ3) is 2.54. The summed E-state index contributed by atoms with van der Waals surface area (Å²) in [6, 6.07) is 0. The van der Waals surface area contributed by atoms with E-state index in [1.165, 1.54) is 0 Å². The summed E-state index contributed by atoms with van der Waals surface area (Å²) >= 11 is 4.61. The highest BCUT2D eigenvalue weighted by Gasteiger charge is 2.61. The largest absolute Gasteiger partial charge is 0.418 e. The smallest absolute Gasteiger partial charge is 0.354 e. The van der Waals surface area contributed by atoms with Crippen LogP contribution in [-0.2, 0) is 19.3 Å². The molecule has 0 bridgehead atoms. The van der Waals surface area contributed by atoms with Gasteiger partial charge in [0.25, 0.3) is 5.05 Å². The average Bonchev–Trinajstić information content (AvgIpc) is 2.30. The molecule has 0 spiro atoms. The van der Waals surface area contributed by atoms with Crippen molar-refractivity contribution in [3.63, 3.8) is 0 Å². The van der Waals surface area contributed by atoms with Gasteiger partial charge in [-0.05, 0) is 12.2 Å². The number of aliphatic hydroxyl groups excluding tert-OH is 4. The van der Waals surface area contributed by atoms with E-state index in [4.69, 9.17) is 10.2 Å². The van der Waals surface area contributed by atoms with Gasteiger partial charge in [0.2, 0.25) is 0 Å². The molecule has 1 fully saturated rings. The first-order valence-electron chi connectivity index (χ1n) is 4.60. The lowest BCUT2D eigenvalue weighted by molar-refractivity contribution is -0.444. The highest BCUT2D eigenvalue weighted by Crippen LogP contribution is 2.33. The Morgan fingerprint density at radius 2 is 2.12 bits per heavy atom. The van der Waals surface area contributed by atoms with Crippen molar-refractivity contribution < 1.29 is 39.7 Å². The molecule has 1 aliphatic heterocycles. The fraction of sp³-hybridized carbons (Fsp3) is 0.750. The minimum Gasteiger partial charge on any atom is -0.418 e. The first-order valence-corrected chi connectivity index (χ1v) is 5.00. The van der Waals surface area contributed by atoms with Crippen LogP contribution in [0.25, 0.3) is 0 Å². The van der Waals surface area contributed by atoms with Crippen LogP contribution in [0.15, 0.2) is 0 Å². The lowest BCUT2D eigenvalue weighted by atomic mass is 10.00. The molecule has 0 radical (unpaired) electrons. The van der Waals surface area contributed by atoms with Crippen LogP contribution in [0.3, 0.4) is 0 Å². The van der Waals surface area contributed by atoms with E-state index >= 15 is 0 Å². The second-order valence-corrected chi connectivity index (χ2v) is 3.77. The van der Waals surface area contributed by atoms with E-state index in [1.807, 2.05) is 0 Å². The Kier molecular flexibility index (Phi) is 4.36. The van der Waals surface area contributed by atoms with Gasteiger partial charge in [0.15, 0.2) is 6.10 Å². The molecule has 0 aliphatic carbocycles. The number of carbonyl (C=O) groups is 1. The van der Waals surface area contributed by atoms with Crippen LogP contribution in [0.1, 0.15) is 6.92 Å². The number of aliphatic hydroxyl groups is 4. The van der Waals surface area contributed by atoms with Crippen LogP contribution < -0.4 is 0 Å². The third-order valence-corrected chi connectivity index (χ3v) is 2.47. The maximum Gasteiger partial charge on any atom is 0.354 e. The summed E-state index contributed by atoms with van der Waals surface area (Å²) in [6.45, 7) is 0.232. The van der Waals surface area contributed by atoms with Crippen molar-refractivity contribution in [3.05, 3.63) is 0 Å². The second kappa shape index (κ2) is 5.21. The minimum absolute atomic E-state index is 0.399. The highest BCUT2D eigenvalue weighted by atomic mass is 32.1. The van der Waals surface area contributed by atoms with E-state index < -0.39 is 41.7 Å². The number of esters is 1. The Balaban J connectivity index is 2.85. The number of ether oxygens (including phenoxy) is 1. The summed E-state index contributed by atoms with van der Waals surface area (Å²) in [4.78, 5) is 19.5. The van der Waals surface area contributed by atoms with Crippen molar-refractivity contribution in [1.82, 2.24) is 0 Å². The number of hydrogen-bond donors (Lipinski definition) is 4. The van der Waals surface area contributed by atoms with Gasteiger partial charge in [0.05, 0.1) is 6.61 Å². The molecule has 17 heavy (non-hydrogen) atoms. The lowest BCUT2D eigenvalue weighted by Crippen LogP contribution is -2.67. The molecular weight excluding hydrogens is 256 g/mol. The van der Waals surface area contributed by atoms with Crippen molar-refractivity contribution in [2.45, 2.75) is 31.0 Å². The minimum atomic E-state index is -2.14. The van der Waals surface area contributed by atoms with Crippen molar-refractivity contribution in [3.8, 4) is 0 Å². The van der Waals surface area contributed by atoms with E-state index in [0.29, 0.717) is 0 Å². The zero-order valence-electron chi connectivity index (χ0n) is 8.77. The van der Waals surface area contributed by atoms with Crippen molar-refractivity contribution in [2.75, 3.05) is 6.61 Å². The van der Waals surface area contributed by atoms with Crippen molar-refractivity contribution in [1.29, 1.82) is 0 Å². The van der Waals surface area contributed by atoms with Gasteiger partial charge < -0.3 is 30.1 Å². The molecule has 1 rings (SSSR count). The summed E-state index contributed by atoms with van der Waals surface area (Å²) in [5.41, 5.74) is 0. The normalized spacial score (nSPS) is 28.6. The Hall–Kier alpha value is -0.840. The SMILES string of the molecule is CC(=O)O[C@@]1([C@@H](O)[C@H](O)[C@H](O)CO)OOC1=S. The highest BCUT2D eigenvalue weighted by molar-refractivity contribution is 7.80. The standard InChI is InChI=1S/C8H12O8S/c1-3(10)14-8(7(17)15-16-8)6(13)5(12)4(11)2-9/h4-6,9,11-13H,2H2,1H3/t4-,5-,6+,8+/m1/s1.